The molecule has 0 aromatic carbocycles. The van der Waals surface area contributed by atoms with Gasteiger partial charge in [-0.15, -0.1) is 11.8 Å². The summed E-state index contributed by atoms with van der Waals surface area (Å²) in [4.78, 5) is 0. The first kappa shape index (κ1) is 10.6. The lowest BCUT2D eigenvalue weighted by molar-refractivity contribution is -0.00648. The summed E-state index contributed by atoms with van der Waals surface area (Å²) in [5.41, 5.74) is 5.30. The quantitative estimate of drug-likeness (QED) is 0.633. The number of aliphatic hydroxyl groups is 1. The summed E-state index contributed by atoms with van der Waals surface area (Å²) in [6.45, 7) is 1.83. The van der Waals surface area contributed by atoms with Gasteiger partial charge in [-0.1, -0.05) is 0 Å². The van der Waals surface area contributed by atoms with Crippen LogP contribution in [0, 0.1) is 11.8 Å². The van der Waals surface area contributed by atoms with E-state index in [-0.39, 0.29) is 0 Å². The molecule has 1 aliphatic rings. The molecule has 74 valence electrons. The lowest BCUT2D eigenvalue weighted by Gasteiger charge is -2.34. The zero-order valence-electron chi connectivity index (χ0n) is 8.34. The molecule has 0 spiro atoms. The molecular weight excluding hydrogens is 162 g/mol. The fourth-order valence-corrected chi connectivity index (χ4v) is 1.85. The molecule has 2 heteroatoms. The molecule has 0 unspecified atom stereocenters. The van der Waals surface area contributed by atoms with Crippen LogP contribution < -0.4 is 5.73 Å². The highest BCUT2D eigenvalue weighted by Crippen LogP contribution is 2.31. The molecule has 0 radical (unpaired) electrons. The molecule has 0 bridgehead atoms. The Kier molecular flexibility index (Phi) is 3.77. The Hall–Kier alpha value is -0.520. The molecule has 0 amide bonds. The summed E-state index contributed by atoms with van der Waals surface area (Å²) in [6.07, 6.45) is 5.22. The predicted octanol–water partition coefficient (Wildman–Crippen LogP) is 1.42. The SMILES string of the molecule is CC#CCCC1(O)CCC(N)CC1. The van der Waals surface area contributed by atoms with Gasteiger partial charge in [0.2, 0.25) is 0 Å². The fourth-order valence-electron chi connectivity index (χ4n) is 1.85. The van der Waals surface area contributed by atoms with Gasteiger partial charge in [0.15, 0.2) is 0 Å². The van der Waals surface area contributed by atoms with Gasteiger partial charge in [0.1, 0.15) is 0 Å². The molecule has 0 heterocycles. The monoisotopic (exact) mass is 181 g/mol. The average Bonchev–Trinajstić information content (AvgIpc) is 2.12. The summed E-state index contributed by atoms with van der Waals surface area (Å²) < 4.78 is 0. The van der Waals surface area contributed by atoms with Crippen LogP contribution in [0.15, 0.2) is 0 Å². The van der Waals surface area contributed by atoms with E-state index in [0.717, 1.165) is 38.5 Å². The van der Waals surface area contributed by atoms with Crippen molar-refractivity contribution in [2.24, 2.45) is 5.73 Å². The molecule has 1 rings (SSSR count). The van der Waals surface area contributed by atoms with Crippen LogP contribution in [0.3, 0.4) is 0 Å². The highest BCUT2D eigenvalue weighted by molar-refractivity contribution is 4.98. The third-order valence-electron chi connectivity index (χ3n) is 2.85. The van der Waals surface area contributed by atoms with Crippen LogP contribution in [0.5, 0.6) is 0 Å². The Morgan fingerprint density at radius 2 is 2.08 bits per heavy atom. The van der Waals surface area contributed by atoms with Crippen LogP contribution >= 0.6 is 0 Å². The van der Waals surface area contributed by atoms with E-state index in [1.165, 1.54) is 0 Å². The maximum absolute atomic E-state index is 10.1. The first-order chi connectivity index (χ1) is 6.16. The van der Waals surface area contributed by atoms with Crippen LogP contribution in [0.1, 0.15) is 45.4 Å². The normalized spacial score (nSPS) is 33.6. The van der Waals surface area contributed by atoms with E-state index in [1.807, 2.05) is 6.92 Å². The number of hydrogen-bond donors (Lipinski definition) is 2. The van der Waals surface area contributed by atoms with Gasteiger partial charge in [-0.2, -0.15) is 0 Å². The molecule has 1 fully saturated rings. The van der Waals surface area contributed by atoms with E-state index in [2.05, 4.69) is 11.8 Å². The van der Waals surface area contributed by atoms with E-state index in [1.54, 1.807) is 0 Å². The minimum atomic E-state index is -0.472. The van der Waals surface area contributed by atoms with Crippen LogP contribution in [0.2, 0.25) is 0 Å². The van der Waals surface area contributed by atoms with Gasteiger partial charge < -0.3 is 10.8 Å². The molecule has 13 heavy (non-hydrogen) atoms. The Bertz CT molecular complexity index is 206. The van der Waals surface area contributed by atoms with Gasteiger partial charge in [-0.3, -0.25) is 0 Å². The minimum Gasteiger partial charge on any atom is -0.390 e. The summed E-state index contributed by atoms with van der Waals surface area (Å²) in [5.74, 6) is 5.84. The lowest BCUT2D eigenvalue weighted by Crippen LogP contribution is -2.38. The van der Waals surface area contributed by atoms with E-state index < -0.39 is 5.60 Å². The Labute approximate surface area is 80.5 Å². The van der Waals surface area contributed by atoms with E-state index >= 15 is 0 Å². The first-order valence-electron chi connectivity index (χ1n) is 5.04. The Morgan fingerprint density at radius 1 is 1.46 bits per heavy atom. The average molecular weight is 181 g/mol. The fraction of sp³-hybridized carbons (Fsp3) is 0.818. The zero-order chi connectivity index (χ0) is 9.73. The van der Waals surface area contributed by atoms with Crippen molar-refractivity contribution in [3.8, 4) is 11.8 Å². The number of rotatable bonds is 2. The third-order valence-corrected chi connectivity index (χ3v) is 2.85. The highest BCUT2D eigenvalue weighted by Gasteiger charge is 2.30. The smallest absolute Gasteiger partial charge is 0.0658 e. The summed E-state index contributed by atoms with van der Waals surface area (Å²) >= 11 is 0. The third kappa shape index (κ3) is 3.38. The van der Waals surface area contributed by atoms with Crippen LogP contribution in [-0.4, -0.2) is 16.7 Å². The van der Waals surface area contributed by atoms with Crippen molar-refractivity contribution >= 4 is 0 Å². The van der Waals surface area contributed by atoms with Crippen LogP contribution in [0.25, 0.3) is 0 Å². The molecule has 0 aliphatic heterocycles. The van der Waals surface area contributed by atoms with E-state index in [4.69, 9.17) is 5.73 Å². The maximum atomic E-state index is 10.1. The molecule has 0 atom stereocenters. The molecule has 0 saturated heterocycles. The zero-order valence-corrected chi connectivity index (χ0v) is 8.34. The van der Waals surface area contributed by atoms with E-state index in [9.17, 15) is 5.11 Å². The van der Waals surface area contributed by atoms with Crippen molar-refractivity contribution in [1.29, 1.82) is 0 Å². The molecule has 1 saturated carbocycles. The van der Waals surface area contributed by atoms with Gasteiger partial charge in [0.05, 0.1) is 5.60 Å². The maximum Gasteiger partial charge on any atom is 0.0658 e. The summed E-state index contributed by atoms with van der Waals surface area (Å²) in [5, 5.41) is 10.1. The van der Waals surface area contributed by atoms with E-state index in [0.29, 0.717) is 6.04 Å². The van der Waals surface area contributed by atoms with Gasteiger partial charge in [0, 0.05) is 12.5 Å². The van der Waals surface area contributed by atoms with Gasteiger partial charge in [-0.25, -0.2) is 0 Å². The van der Waals surface area contributed by atoms with Crippen molar-refractivity contribution < 1.29 is 5.11 Å². The standard InChI is InChI=1S/C11H19NO/c1-2-3-4-7-11(13)8-5-10(12)6-9-11/h10,13H,4-9,12H2,1H3. The first-order valence-corrected chi connectivity index (χ1v) is 5.04. The second-order valence-electron chi connectivity index (χ2n) is 3.99. The Morgan fingerprint density at radius 3 is 2.62 bits per heavy atom. The number of nitrogens with two attached hydrogens (primary N) is 1. The predicted molar refractivity (Wildman–Crippen MR) is 54.1 cm³/mol. The number of hydrogen-bond acceptors (Lipinski definition) is 2. The van der Waals surface area contributed by atoms with Crippen molar-refractivity contribution in [3.63, 3.8) is 0 Å². The molecule has 0 aromatic heterocycles. The summed E-state index contributed by atoms with van der Waals surface area (Å²) in [6, 6.07) is 0.303. The topological polar surface area (TPSA) is 46.2 Å². The second kappa shape index (κ2) is 4.64. The van der Waals surface area contributed by atoms with Crippen molar-refractivity contribution in [1.82, 2.24) is 0 Å². The molecule has 1 aliphatic carbocycles. The van der Waals surface area contributed by atoms with Crippen LogP contribution in [-0.2, 0) is 0 Å². The van der Waals surface area contributed by atoms with Crippen molar-refractivity contribution in [2.75, 3.05) is 0 Å². The van der Waals surface area contributed by atoms with Gasteiger partial charge in [-0.05, 0) is 39.0 Å². The van der Waals surface area contributed by atoms with Crippen molar-refractivity contribution in [2.45, 2.75) is 57.1 Å². The van der Waals surface area contributed by atoms with Gasteiger partial charge in [0.25, 0.3) is 0 Å². The Balaban J connectivity index is 2.32. The largest absolute Gasteiger partial charge is 0.390 e. The lowest BCUT2D eigenvalue weighted by atomic mass is 9.80. The second-order valence-corrected chi connectivity index (χ2v) is 3.99. The highest BCUT2D eigenvalue weighted by atomic mass is 16.3. The molecular formula is C11H19NO. The van der Waals surface area contributed by atoms with Crippen LogP contribution in [0.4, 0.5) is 0 Å². The van der Waals surface area contributed by atoms with Crippen molar-refractivity contribution in [3.05, 3.63) is 0 Å². The molecule has 0 aromatic rings. The molecule has 3 N–H and O–H groups in total. The van der Waals surface area contributed by atoms with Gasteiger partial charge >= 0.3 is 0 Å². The molecule has 2 nitrogen and oxygen atoms in total. The summed E-state index contributed by atoms with van der Waals surface area (Å²) in [7, 11) is 0. The minimum absolute atomic E-state index is 0.303.